The molecular formula is C9H10O5. The third-order valence-electron chi connectivity index (χ3n) is 1.51. The third kappa shape index (κ3) is 2.55. The van der Waals surface area contributed by atoms with Crippen molar-refractivity contribution in [2.45, 2.75) is 0 Å². The fourth-order valence-corrected chi connectivity index (χ4v) is 0.893. The van der Waals surface area contributed by atoms with Crippen LogP contribution >= 0.6 is 0 Å². The van der Waals surface area contributed by atoms with E-state index in [1.54, 1.807) is 0 Å². The lowest BCUT2D eigenvalue weighted by molar-refractivity contribution is -0.139. The summed E-state index contributed by atoms with van der Waals surface area (Å²) in [5.74, 6) is -0.498. The van der Waals surface area contributed by atoms with Gasteiger partial charge in [0.1, 0.15) is 5.75 Å². The van der Waals surface area contributed by atoms with Gasteiger partial charge in [0.05, 0.1) is 7.11 Å². The topological polar surface area (TPSA) is 76.0 Å². The summed E-state index contributed by atoms with van der Waals surface area (Å²) in [5.41, 5.74) is 0. The molecular weight excluding hydrogens is 188 g/mol. The molecule has 14 heavy (non-hydrogen) atoms. The Morgan fingerprint density at radius 3 is 2.79 bits per heavy atom. The Morgan fingerprint density at radius 1 is 1.50 bits per heavy atom. The standard InChI is InChI=1S/C9H10O5/c1-13-8-4-6(2-3-7(8)10)14-5-9(11)12/h2-4,10H,5H2,1H3,(H,11,12). The molecule has 0 spiro atoms. The molecule has 0 radical (unpaired) electrons. The molecule has 0 atom stereocenters. The zero-order chi connectivity index (χ0) is 10.6. The summed E-state index contributed by atoms with van der Waals surface area (Å²) < 4.78 is 9.69. The number of carboxylic acids is 1. The highest BCUT2D eigenvalue weighted by Crippen LogP contribution is 2.29. The van der Waals surface area contributed by atoms with Crippen molar-refractivity contribution in [1.29, 1.82) is 0 Å². The summed E-state index contributed by atoms with van der Waals surface area (Å²) in [4.78, 5) is 10.2. The van der Waals surface area contributed by atoms with E-state index >= 15 is 0 Å². The summed E-state index contributed by atoms with van der Waals surface area (Å²) in [7, 11) is 1.40. The zero-order valence-corrected chi connectivity index (χ0v) is 7.56. The monoisotopic (exact) mass is 198 g/mol. The summed E-state index contributed by atoms with van der Waals surface area (Å²) in [5, 5.41) is 17.6. The van der Waals surface area contributed by atoms with E-state index in [1.165, 1.54) is 25.3 Å². The molecule has 5 nitrogen and oxygen atoms in total. The van der Waals surface area contributed by atoms with Crippen molar-refractivity contribution < 1.29 is 24.5 Å². The number of carboxylic acid groups (broad SMARTS) is 1. The molecule has 0 saturated heterocycles. The maximum atomic E-state index is 10.2. The van der Waals surface area contributed by atoms with Gasteiger partial charge in [-0.2, -0.15) is 0 Å². The highest BCUT2D eigenvalue weighted by atomic mass is 16.5. The molecule has 1 aromatic rings. The largest absolute Gasteiger partial charge is 0.504 e. The Hall–Kier alpha value is -1.91. The summed E-state index contributed by atoms with van der Waals surface area (Å²) >= 11 is 0. The molecule has 0 heterocycles. The second-order valence-corrected chi connectivity index (χ2v) is 2.52. The molecule has 0 aromatic heterocycles. The van der Waals surface area contributed by atoms with E-state index in [1.807, 2.05) is 0 Å². The number of methoxy groups -OCH3 is 1. The summed E-state index contributed by atoms with van der Waals surface area (Å²) in [6, 6.07) is 4.25. The first-order chi connectivity index (χ1) is 6.63. The van der Waals surface area contributed by atoms with Crippen LogP contribution in [0.2, 0.25) is 0 Å². The Labute approximate surface area is 80.5 Å². The first-order valence-electron chi connectivity index (χ1n) is 3.85. The smallest absolute Gasteiger partial charge is 0.341 e. The molecule has 5 heteroatoms. The molecule has 0 bridgehead atoms. The van der Waals surface area contributed by atoms with Crippen molar-refractivity contribution in [3.05, 3.63) is 18.2 Å². The van der Waals surface area contributed by atoms with E-state index in [9.17, 15) is 9.90 Å². The predicted molar refractivity (Wildman–Crippen MR) is 47.8 cm³/mol. The van der Waals surface area contributed by atoms with Crippen molar-refractivity contribution in [2.75, 3.05) is 13.7 Å². The van der Waals surface area contributed by atoms with Gasteiger partial charge in [-0.3, -0.25) is 0 Å². The van der Waals surface area contributed by atoms with Crippen LogP contribution in [0, 0.1) is 0 Å². The first kappa shape index (κ1) is 10.2. The minimum Gasteiger partial charge on any atom is -0.504 e. The molecule has 76 valence electrons. The normalized spacial score (nSPS) is 9.50. The molecule has 0 aliphatic rings. The van der Waals surface area contributed by atoms with E-state index in [2.05, 4.69) is 0 Å². The number of phenolic OH excluding ortho intramolecular Hbond substituents is 1. The van der Waals surface area contributed by atoms with Crippen LogP contribution in [0.1, 0.15) is 0 Å². The maximum absolute atomic E-state index is 10.2. The van der Waals surface area contributed by atoms with Gasteiger partial charge in [-0.1, -0.05) is 0 Å². The van der Waals surface area contributed by atoms with E-state index in [-0.39, 0.29) is 11.5 Å². The lowest BCUT2D eigenvalue weighted by atomic mass is 10.3. The van der Waals surface area contributed by atoms with Crippen molar-refractivity contribution >= 4 is 5.97 Å². The van der Waals surface area contributed by atoms with Crippen LogP contribution in [0.3, 0.4) is 0 Å². The fourth-order valence-electron chi connectivity index (χ4n) is 0.893. The average Bonchev–Trinajstić information content (AvgIpc) is 2.16. The number of aliphatic carboxylic acids is 1. The van der Waals surface area contributed by atoms with Crippen LogP contribution in [0.4, 0.5) is 0 Å². The van der Waals surface area contributed by atoms with Crippen molar-refractivity contribution in [2.24, 2.45) is 0 Å². The lowest BCUT2D eigenvalue weighted by Crippen LogP contribution is -2.09. The molecule has 1 aromatic carbocycles. The van der Waals surface area contributed by atoms with Gasteiger partial charge in [-0.25, -0.2) is 4.79 Å². The van der Waals surface area contributed by atoms with Gasteiger partial charge in [0.25, 0.3) is 0 Å². The number of rotatable bonds is 4. The van der Waals surface area contributed by atoms with Crippen LogP contribution in [0.5, 0.6) is 17.2 Å². The number of carbonyl (C=O) groups is 1. The second-order valence-electron chi connectivity index (χ2n) is 2.52. The third-order valence-corrected chi connectivity index (χ3v) is 1.51. The minimum absolute atomic E-state index is 0.0184. The van der Waals surface area contributed by atoms with Gasteiger partial charge in [-0.15, -0.1) is 0 Å². The van der Waals surface area contributed by atoms with E-state index in [4.69, 9.17) is 14.6 Å². The van der Waals surface area contributed by atoms with Gasteiger partial charge in [0.15, 0.2) is 18.1 Å². The van der Waals surface area contributed by atoms with Gasteiger partial charge in [0, 0.05) is 6.07 Å². The number of hydrogen-bond acceptors (Lipinski definition) is 4. The maximum Gasteiger partial charge on any atom is 0.341 e. The number of aromatic hydroxyl groups is 1. The SMILES string of the molecule is COc1cc(OCC(=O)O)ccc1O. The molecule has 0 aliphatic carbocycles. The van der Waals surface area contributed by atoms with Gasteiger partial charge >= 0.3 is 5.97 Å². The van der Waals surface area contributed by atoms with E-state index in [0.717, 1.165) is 0 Å². The van der Waals surface area contributed by atoms with Crippen LogP contribution in [-0.4, -0.2) is 29.9 Å². The van der Waals surface area contributed by atoms with E-state index < -0.39 is 12.6 Å². The van der Waals surface area contributed by atoms with Crippen molar-refractivity contribution in [3.8, 4) is 17.2 Å². The van der Waals surface area contributed by atoms with Crippen molar-refractivity contribution in [3.63, 3.8) is 0 Å². The predicted octanol–water partition coefficient (Wildman–Crippen LogP) is 0.864. The Kier molecular flexibility index (Phi) is 3.17. The first-order valence-corrected chi connectivity index (χ1v) is 3.85. The second kappa shape index (κ2) is 4.36. The molecule has 1 rings (SSSR count). The summed E-state index contributed by atoms with van der Waals surface area (Å²) in [6.45, 7) is -0.423. The highest BCUT2D eigenvalue weighted by Gasteiger charge is 2.04. The van der Waals surface area contributed by atoms with Crippen LogP contribution in [0.25, 0.3) is 0 Å². The zero-order valence-electron chi connectivity index (χ0n) is 7.56. The number of benzene rings is 1. The quantitative estimate of drug-likeness (QED) is 0.750. The highest BCUT2D eigenvalue weighted by molar-refractivity contribution is 5.68. The van der Waals surface area contributed by atoms with Gasteiger partial charge < -0.3 is 19.7 Å². The number of phenols is 1. The number of hydrogen-bond donors (Lipinski definition) is 2. The molecule has 0 aliphatic heterocycles. The average molecular weight is 198 g/mol. The minimum atomic E-state index is -1.06. The van der Waals surface area contributed by atoms with Crippen LogP contribution < -0.4 is 9.47 Å². The molecule has 0 saturated carbocycles. The van der Waals surface area contributed by atoms with E-state index in [0.29, 0.717) is 5.75 Å². The van der Waals surface area contributed by atoms with Crippen LogP contribution in [0.15, 0.2) is 18.2 Å². The molecule has 0 unspecified atom stereocenters. The molecule has 0 fully saturated rings. The van der Waals surface area contributed by atoms with Crippen LogP contribution in [-0.2, 0) is 4.79 Å². The fraction of sp³-hybridized carbons (Fsp3) is 0.222. The Balaban J connectivity index is 2.74. The number of ether oxygens (including phenoxy) is 2. The summed E-state index contributed by atoms with van der Waals surface area (Å²) in [6.07, 6.45) is 0. The molecule has 2 N–H and O–H groups in total. The van der Waals surface area contributed by atoms with Gasteiger partial charge in [0.2, 0.25) is 0 Å². The lowest BCUT2D eigenvalue weighted by Gasteiger charge is -2.06. The molecule has 0 amide bonds. The van der Waals surface area contributed by atoms with Gasteiger partial charge in [-0.05, 0) is 12.1 Å². The Morgan fingerprint density at radius 2 is 2.21 bits per heavy atom. The Bertz CT molecular complexity index is 334. The van der Waals surface area contributed by atoms with Crippen molar-refractivity contribution in [1.82, 2.24) is 0 Å².